The van der Waals surface area contributed by atoms with Crippen LogP contribution in [0, 0.1) is 16.7 Å². The molecular weight excluding hydrogens is 344 g/mol. The Kier molecular flexibility index (Phi) is 3.67. The summed E-state index contributed by atoms with van der Waals surface area (Å²) in [6.45, 7) is 4.09. The summed E-state index contributed by atoms with van der Waals surface area (Å²) in [5, 5.41) is 26.1. The molecule has 1 atom stereocenters. The van der Waals surface area contributed by atoms with Gasteiger partial charge in [0.05, 0.1) is 11.8 Å². The highest BCUT2D eigenvalue weighted by Crippen LogP contribution is 2.46. The van der Waals surface area contributed by atoms with E-state index in [4.69, 9.17) is 5.11 Å². The number of benzene rings is 1. The lowest BCUT2D eigenvalue weighted by Gasteiger charge is -2.38. The summed E-state index contributed by atoms with van der Waals surface area (Å²) in [7, 11) is 0. The highest BCUT2D eigenvalue weighted by atomic mass is 16.4. The number of hydrogen-bond acceptors (Lipinski definition) is 5. The number of rotatable bonds is 2. The molecule has 1 aromatic heterocycles. The Bertz CT molecular complexity index is 1040. The molecule has 0 bridgehead atoms. The number of fused-ring (bicyclic) bond motifs is 1. The summed E-state index contributed by atoms with van der Waals surface area (Å²) in [5.41, 5.74) is 2.62. The van der Waals surface area contributed by atoms with Crippen LogP contribution in [0.4, 0.5) is 5.82 Å². The van der Waals surface area contributed by atoms with E-state index in [1.165, 1.54) is 18.3 Å². The Balaban J connectivity index is 1.90. The van der Waals surface area contributed by atoms with Gasteiger partial charge in [-0.2, -0.15) is 10.4 Å². The highest BCUT2D eigenvalue weighted by molar-refractivity contribution is 6.00. The van der Waals surface area contributed by atoms with Gasteiger partial charge in [0.15, 0.2) is 5.78 Å². The molecule has 136 valence electrons. The topological polar surface area (TPSA) is 108 Å². The van der Waals surface area contributed by atoms with E-state index in [0.717, 1.165) is 11.3 Å². The molecule has 0 radical (unpaired) electrons. The number of aromatic nitrogens is 2. The quantitative estimate of drug-likeness (QED) is 0.850. The number of nitriles is 1. The Morgan fingerprint density at radius 1 is 1.33 bits per heavy atom. The second-order valence-electron chi connectivity index (χ2n) is 7.75. The average molecular weight is 362 g/mol. The van der Waals surface area contributed by atoms with Crippen molar-refractivity contribution in [3.63, 3.8) is 0 Å². The van der Waals surface area contributed by atoms with Gasteiger partial charge in [-0.25, -0.2) is 9.48 Å². The standard InChI is InChI=1S/C20H18N4O3/c1-20(2)7-14-16(15(25)8-20)17(11-3-5-12(6-4-11)19(26)27)24-18(23-14)13(9-21)10-22-24/h3-6,10,17,23H,7-8H2,1-2H3,(H,26,27)/t17-/m0/s1. The number of ketones is 1. The Morgan fingerprint density at radius 3 is 2.67 bits per heavy atom. The number of aromatic carboxylic acids is 1. The molecule has 1 aliphatic heterocycles. The summed E-state index contributed by atoms with van der Waals surface area (Å²) in [6, 6.07) is 8.09. The van der Waals surface area contributed by atoms with Crippen molar-refractivity contribution in [2.45, 2.75) is 32.7 Å². The molecule has 0 saturated carbocycles. The maximum absolute atomic E-state index is 13.0. The van der Waals surface area contributed by atoms with Crippen molar-refractivity contribution < 1.29 is 14.7 Å². The lowest BCUT2D eigenvalue weighted by Crippen LogP contribution is -2.36. The van der Waals surface area contributed by atoms with Crippen molar-refractivity contribution in [3.05, 3.63) is 58.4 Å². The number of carboxylic acids is 1. The van der Waals surface area contributed by atoms with E-state index in [9.17, 15) is 14.9 Å². The highest BCUT2D eigenvalue weighted by Gasteiger charge is 2.41. The van der Waals surface area contributed by atoms with Crippen LogP contribution in [0.2, 0.25) is 0 Å². The minimum atomic E-state index is -1.01. The van der Waals surface area contributed by atoms with Crippen molar-refractivity contribution in [1.29, 1.82) is 5.26 Å². The fourth-order valence-corrected chi connectivity index (χ4v) is 3.91. The molecule has 2 heterocycles. The fraction of sp³-hybridized carbons (Fsp3) is 0.300. The van der Waals surface area contributed by atoms with Gasteiger partial charge in [-0.05, 0) is 29.5 Å². The van der Waals surface area contributed by atoms with Gasteiger partial charge in [0.25, 0.3) is 0 Å². The number of anilines is 1. The van der Waals surface area contributed by atoms with Gasteiger partial charge in [0, 0.05) is 17.7 Å². The number of nitrogens with zero attached hydrogens (tertiary/aromatic N) is 3. The van der Waals surface area contributed by atoms with E-state index in [0.29, 0.717) is 29.8 Å². The van der Waals surface area contributed by atoms with E-state index in [-0.39, 0.29) is 16.8 Å². The smallest absolute Gasteiger partial charge is 0.335 e. The summed E-state index contributed by atoms with van der Waals surface area (Å²) in [5.74, 6) is -0.399. The van der Waals surface area contributed by atoms with Gasteiger partial charge in [0.1, 0.15) is 23.5 Å². The van der Waals surface area contributed by atoms with E-state index >= 15 is 0 Å². The molecule has 1 aliphatic carbocycles. The third-order valence-corrected chi connectivity index (χ3v) is 5.10. The SMILES string of the molecule is CC1(C)CC(=O)C2=C(C1)Nc1c(C#N)cnn1[C@H]2c1ccc(C(=O)O)cc1. The van der Waals surface area contributed by atoms with Crippen molar-refractivity contribution in [2.24, 2.45) is 5.41 Å². The molecule has 0 unspecified atom stereocenters. The third-order valence-electron chi connectivity index (χ3n) is 5.10. The van der Waals surface area contributed by atoms with Crippen LogP contribution in [0.5, 0.6) is 0 Å². The number of Topliss-reactive ketones (excluding diaryl/α,β-unsaturated/α-hetero) is 1. The molecule has 0 fully saturated rings. The first-order chi connectivity index (χ1) is 12.8. The predicted octanol–water partition coefficient (Wildman–Crippen LogP) is 3.11. The molecule has 2 N–H and O–H groups in total. The summed E-state index contributed by atoms with van der Waals surface area (Å²) < 4.78 is 1.64. The lowest BCUT2D eigenvalue weighted by atomic mass is 9.73. The maximum atomic E-state index is 13.0. The number of hydrogen-bond donors (Lipinski definition) is 2. The maximum Gasteiger partial charge on any atom is 0.335 e. The summed E-state index contributed by atoms with van der Waals surface area (Å²) >= 11 is 0. The van der Waals surface area contributed by atoms with Crippen LogP contribution in [0.15, 0.2) is 41.7 Å². The normalized spacial score (nSPS) is 20.3. The molecule has 7 nitrogen and oxygen atoms in total. The molecule has 0 amide bonds. The molecule has 0 spiro atoms. The van der Waals surface area contributed by atoms with Crippen LogP contribution in [0.25, 0.3) is 0 Å². The van der Waals surface area contributed by atoms with E-state index in [1.807, 2.05) is 13.8 Å². The Labute approximate surface area is 155 Å². The van der Waals surface area contributed by atoms with Crippen molar-refractivity contribution in [3.8, 4) is 6.07 Å². The minimum absolute atomic E-state index is 0.0423. The van der Waals surface area contributed by atoms with Crippen molar-refractivity contribution in [1.82, 2.24) is 9.78 Å². The number of allylic oxidation sites excluding steroid dienone is 2. The zero-order valence-electron chi connectivity index (χ0n) is 15.0. The second-order valence-corrected chi connectivity index (χ2v) is 7.75. The third kappa shape index (κ3) is 2.70. The second kappa shape index (κ2) is 5.81. The molecule has 2 aromatic rings. The zero-order chi connectivity index (χ0) is 19.3. The van der Waals surface area contributed by atoms with Crippen LogP contribution in [-0.4, -0.2) is 26.6 Å². The van der Waals surface area contributed by atoms with E-state index in [1.54, 1.807) is 16.8 Å². The summed E-state index contributed by atoms with van der Waals surface area (Å²) in [4.78, 5) is 24.1. The molecule has 4 rings (SSSR count). The largest absolute Gasteiger partial charge is 0.478 e. The first kappa shape index (κ1) is 17.0. The van der Waals surface area contributed by atoms with Gasteiger partial charge >= 0.3 is 5.97 Å². The van der Waals surface area contributed by atoms with E-state index in [2.05, 4.69) is 16.5 Å². The number of carbonyl (C=O) groups excluding carboxylic acids is 1. The monoisotopic (exact) mass is 362 g/mol. The molecule has 2 aliphatic rings. The van der Waals surface area contributed by atoms with Crippen LogP contribution < -0.4 is 5.32 Å². The number of carboxylic acid groups (broad SMARTS) is 1. The van der Waals surface area contributed by atoms with Gasteiger partial charge < -0.3 is 10.4 Å². The fourth-order valence-electron chi connectivity index (χ4n) is 3.91. The van der Waals surface area contributed by atoms with Gasteiger partial charge in [0.2, 0.25) is 0 Å². The average Bonchev–Trinajstić information content (AvgIpc) is 3.01. The minimum Gasteiger partial charge on any atom is -0.478 e. The van der Waals surface area contributed by atoms with Crippen LogP contribution >= 0.6 is 0 Å². The first-order valence-electron chi connectivity index (χ1n) is 8.65. The van der Waals surface area contributed by atoms with Gasteiger partial charge in [-0.15, -0.1) is 0 Å². The van der Waals surface area contributed by atoms with Crippen LogP contribution in [0.3, 0.4) is 0 Å². The molecule has 0 saturated heterocycles. The van der Waals surface area contributed by atoms with Crippen molar-refractivity contribution in [2.75, 3.05) is 5.32 Å². The number of carbonyl (C=O) groups is 2. The van der Waals surface area contributed by atoms with E-state index < -0.39 is 12.0 Å². The molecular formula is C20H18N4O3. The molecule has 27 heavy (non-hydrogen) atoms. The van der Waals surface area contributed by atoms with Crippen LogP contribution in [0.1, 0.15) is 54.2 Å². The Hall–Kier alpha value is -3.40. The predicted molar refractivity (Wildman–Crippen MR) is 97.2 cm³/mol. The first-order valence-corrected chi connectivity index (χ1v) is 8.65. The Morgan fingerprint density at radius 2 is 2.04 bits per heavy atom. The zero-order valence-corrected chi connectivity index (χ0v) is 15.0. The molecule has 7 heteroatoms. The lowest BCUT2D eigenvalue weighted by molar-refractivity contribution is -0.118. The summed E-state index contributed by atoms with van der Waals surface area (Å²) in [6.07, 6.45) is 2.60. The van der Waals surface area contributed by atoms with Crippen molar-refractivity contribution >= 4 is 17.6 Å². The van der Waals surface area contributed by atoms with Gasteiger partial charge in [-0.1, -0.05) is 26.0 Å². The number of nitrogens with one attached hydrogen (secondary N) is 1. The van der Waals surface area contributed by atoms with Gasteiger partial charge in [-0.3, -0.25) is 4.79 Å². The van der Waals surface area contributed by atoms with Crippen LogP contribution in [-0.2, 0) is 4.79 Å². The molecule has 1 aromatic carbocycles.